The number of aromatic hydroxyl groups is 1. The summed E-state index contributed by atoms with van der Waals surface area (Å²) in [5, 5.41) is 30.8. The summed E-state index contributed by atoms with van der Waals surface area (Å²) in [4.78, 5) is 12.4. The van der Waals surface area contributed by atoms with Crippen molar-refractivity contribution in [3.8, 4) is 5.75 Å². The highest BCUT2D eigenvalue weighted by Crippen LogP contribution is 2.32. The Hall–Kier alpha value is -3.19. The fourth-order valence-electron chi connectivity index (χ4n) is 3.40. The van der Waals surface area contributed by atoms with Crippen molar-refractivity contribution in [3.05, 3.63) is 74.7 Å². The average Bonchev–Trinajstić information content (AvgIpc) is 3.00. The van der Waals surface area contributed by atoms with Gasteiger partial charge in [-0.15, -0.1) is 10.2 Å². The molecule has 1 heterocycles. The van der Waals surface area contributed by atoms with Gasteiger partial charge >= 0.3 is 0 Å². The highest BCUT2D eigenvalue weighted by molar-refractivity contribution is 5.55. The van der Waals surface area contributed by atoms with Gasteiger partial charge in [0.2, 0.25) is 0 Å². The molecule has 0 spiro atoms. The van der Waals surface area contributed by atoms with Crippen molar-refractivity contribution in [1.82, 2.24) is 9.78 Å². The van der Waals surface area contributed by atoms with E-state index in [9.17, 15) is 9.90 Å². The number of hydrogen-bond donors (Lipinski definition) is 3. The molecule has 0 saturated heterocycles. The maximum atomic E-state index is 12.4. The molecule has 3 rings (SSSR count). The molecule has 0 saturated carbocycles. The van der Waals surface area contributed by atoms with Gasteiger partial charge in [0.05, 0.1) is 5.69 Å². The first kappa shape index (κ1) is 21.5. The van der Waals surface area contributed by atoms with Crippen LogP contribution in [0.2, 0.25) is 0 Å². The van der Waals surface area contributed by atoms with E-state index in [2.05, 4.69) is 47.4 Å². The number of H-pyrrole nitrogens is 1. The number of para-hydroxylation sites is 1. The van der Waals surface area contributed by atoms with E-state index >= 15 is 0 Å². The lowest BCUT2D eigenvalue weighted by atomic mass is 9.98. The number of nitrogens with zero attached hydrogens (tertiary/aromatic N) is 3. The molecule has 0 amide bonds. The summed E-state index contributed by atoms with van der Waals surface area (Å²) in [5.41, 5.74) is 5.32. The van der Waals surface area contributed by atoms with E-state index in [-0.39, 0.29) is 23.6 Å². The minimum Gasteiger partial charge on any atom is -0.505 e. The number of aliphatic hydroxyl groups is 1. The van der Waals surface area contributed by atoms with E-state index in [1.165, 1.54) is 21.4 Å². The van der Waals surface area contributed by atoms with Gasteiger partial charge in [-0.25, -0.2) is 0 Å². The number of aliphatic hydroxyl groups excluding tert-OH is 1. The Bertz CT molecular complexity index is 1110. The van der Waals surface area contributed by atoms with Crippen LogP contribution in [0.1, 0.15) is 34.4 Å². The van der Waals surface area contributed by atoms with Crippen LogP contribution in [-0.2, 0) is 19.4 Å². The summed E-state index contributed by atoms with van der Waals surface area (Å²) in [5.74, 6) is 0.0837. The SMILES string of the molecule is Cc1ccc(C)c(CCc2cccc(N=Nc3c(C)[nH]n(CCCO)c3=O)c2O)c1. The summed E-state index contributed by atoms with van der Waals surface area (Å²) >= 11 is 0. The second-order valence-electron chi connectivity index (χ2n) is 7.53. The molecule has 0 bridgehead atoms. The Labute approximate surface area is 175 Å². The zero-order valence-corrected chi connectivity index (χ0v) is 17.6. The summed E-state index contributed by atoms with van der Waals surface area (Å²) in [6.07, 6.45) is 1.96. The first-order valence-electron chi connectivity index (χ1n) is 10.1. The molecule has 0 atom stereocenters. The van der Waals surface area contributed by atoms with Crippen molar-refractivity contribution in [2.75, 3.05) is 6.61 Å². The molecule has 7 nitrogen and oxygen atoms in total. The zero-order valence-electron chi connectivity index (χ0n) is 17.6. The van der Waals surface area contributed by atoms with Crippen LogP contribution in [0.3, 0.4) is 0 Å². The van der Waals surface area contributed by atoms with Gasteiger partial charge in [-0.05, 0) is 62.8 Å². The average molecular weight is 409 g/mol. The van der Waals surface area contributed by atoms with Gasteiger partial charge in [-0.3, -0.25) is 14.6 Å². The van der Waals surface area contributed by atoms with Crippen LogP contribution in [0.15, 0.2) is 51.4 Å². The predicted molar refractivity (Wildman–Crippen MR) is 117 cm³/mol. The molecule has 0 aliphatic rings. The van der Waals surface area contributed by atoms with Crippen molar-refractivity contribution < 1.29 is 10.2 Å². The van der Waals surface area contributed by atoms with Gasteiger partial charge in [-0.2, -0.15) is 0 Å². The third kappa shape index (κ3) is 4.86. The number of hydrogen-bond acceptors (Lipinski definition) is 5. The normalized spacial score (nSPS) is 11.5. The summed E-state index contributed by atoms with van der Waals surface area (Å²) < 4.78 is 1.40. The number of aryl methyl sites for hydroxylation is 6. The van der Waals surface area contributed by atoms with Crippen molar-refractivity contribution in [1.29, 1.82) is 0 Å². The smallest absolute Gasteiger partial charge is 0.294 e. The first-order chi connectivity index (χ1) is 14.4. The lowest BCUT2D eigenvalue weighted by Crippen LogP contribution is -2.17. The summed E-state index contributed by atoms with van der Waals surface area (Å²) in [7, 11) is 0. The fraction of sp³-hybridized carbons (Fsp3) is 0.348. The maximum Gasteiger partial charge on any atom is 0.294 e. The molecule has 0 radical (unpaired) electrons. The van der Waals surface area contributed by atoms with Gasteiger partial charge in [0, 0.05) is 13.2 Å². The minimum atomic E-state index is -0.296. The predicted octanol–water partition coefficient (Wildman–Crippen LogP) is 4.39. The third-order valence-electron chi connectivity index (χ3n) is 5.17. The van der Waals surface area contributed by atoms with Crippen LogP contribution < -0.4 is 5.56 Å². The highest BCUT2D eigenvalue weighted by atomic mass is 16.3. The van der Waals surface area contributed by atoms with E-state index in [0.717, 1.165) is 12.0 Å². The van der Waals surface area contributed by atoms with Crippen LogP contribution in [0, 0.1) is 20.8 Å². The molecule has 7 heteroatoms. The molecule has 0 aliphatic heterocycles. The quantitative estimate of drug-likeness (QED) is 0.482. The van der Waals surface area contributed by atoms with Gasteiger partial charge in [-0.1, -0.05) is 35.9 Å². The summed E-state index contributed by atoms with van der Waals surface area (Å²) in [6, 6.07) is 11.8. The summed E-state index contributed by atoms with van der Waals surface area (Å²) in [6.45, 7) is 6.29. The number of azo groups is 1. The molecule has 0 unspecified atom stereocenters. The molecule has 0 fully saturated rings. The molecule has 1 aromatic heterocycles. The third-order valence-corrected chi connectivity index (χ3v) is 5.17. The van der Waals surface area contributed by atoms with Gasteiger partial charge in [0.1, 0.15) is 11.4 Å². The Morgan fingerprint density at radius 3 is 2.57 bits per heavy atom. The Kier molecular flexibility index (Phi) is 6.84. The molecule has 3 N–H and O–H groups in total. The van der Waals surface area contributed by atoms with Gasteiger partial charge < -0.3 is 10.2 Å². The van der Waals surface area contributed by atoms with Crippen LogP contribution in [0.5, 0.6) is 5.75 Å². The van der Waals surface area contributed by atoms with Crippen LogP contribution in [-0.4, -0.2) is 26.6 Å². The molecule has 0 aliphatic carbocycles. The van der Waals surface area contributed by atoms with E-state index in [4.69, 9.17) is 5.11 Å². The lowest BCUT2D eigenvalue weighted by Gasteiger charge is -2.09. The Balaban J connectivity index is 1.79. The number of phenols is 1. The van der Waals surface area contributed by atoms with Gasteiger partial charge in [0.15, 0.2) is 5.69 Å². The van der Waals surface area contributed by atoms with Crippen molar-refractivity contribution in [3.63, 3.8) is 0 Å². The van der Waals surface area contributed by atoms with Crippen LogP contribution in [0.25, 0.3) is 0 Å². The van der Waals surface area contributed by atoms with E-state index in [1.54, 1.807) is 13.0 Å². The molecule has 2 aromatic carbocycles. The number of nitrogens with one attached hydrogen (secondary N) is 1. The topological polar surface area (TPSA) is 103 Å². The van der Waals surface area contributed by atoms with Crippen molar-refractivity contribution >= 4 is 11.4 Å². The fourth-order valence-corrected chi connectivity index (χ4v) is 3.40. The molecular formula is C23H28N4O3. The first-order valence-corrected chi connectivity index (χ1v) is 10.1. The number of aromatic amines is 1. The van der Waals surface area contributed by atoms with Crippen molar-refractivity contribution in [2.24, 2.45) is 10.2 Å². The van der Waals surface area contributed by atoms with E-state index < -0.39 is 0 Å². The number of benzene rings is 2. The van der Waals surface area contributed by atoms with Crippen LogP contribution in [0.4, 0.5) is 11.4 Å². The Morgan fingerprint density at radius 2 is 1.80 bits per heavy atom. The maximum absolute atomic E-state index is 12.4. The molecule has 30 heavy (non-hydrogen) atoms. The molecular weight excluding hydrogens is 380 g/mol. The number of aromatic nitrogens is 2. The second-order valence-corrected chi connectivity index (χ2v) is 7.53. The Morgan fingerprint density at radius 1 is 1.03 bits per heavy atom. The van der Waals surface area contributed by atoms with Gasteiger partial charge in [0.25, 0.3) is 5.56 Å². The zero-order chi connectivity index (χ0) is 21.7. The monoisotopic (exact) mass is 408 g/mol. The second kappa shape index (κ2) is 9.54. The number of rotatable bonds is 8. The highest BCUT2D eigenvalue weighted by Gasteiger charge is 2.12. The number of phenolic OH excluding ortho intramolecular Hbond substituents is 1. The molecule has 158 valence electrons. The van der Waals surface area contributed by atoms with E-state index in [1.807, 2.05) is 12.1 Å². The van der Waals surface area contributed by atoms with Crippen LogP contribution >= 0.6 is 0 Å². The largest absolute Gasteiger partial charge is 0.505 e. The van der Waals surface area contributed by atoms with Crippen molar-refractivity contribution in [2.45, 2.75) is 46.6 Å². The minimum absolute atomic E-state index is 0.00407. The van der Waals surface area contributed by atoms with E-state index in [0.29, 0.717) is 30.8 Å². The molecule has 3 aromatic rings. The lowest BCUT2D eigenvalue weighted by molar-refractivity contribution is 0.276. The standard InChI is InChI=1S/C23H28N4O3/c1-15-8-9-16(2)19(14-15)11-10-18-6-4-7-20(22(18)29)24-25-21-17(3)26-27(23(21)30)12-5-13-28/h4,6-9,14,26,28-29H,5,10-13H2,1-3H3.